The molecule has 79 heavy (non-hydrogen) atoms. The maximum atomic E-state index is 14.4. The average molecular weight is 1090 g/mol. The van der Waals surface area contributed by atoms with E-state index in [9.17, 15) is 19.8 Å². The number of aromatic nitrogens is 5. The number of aryl methyl sites for hydroxylation is 1. The number of thiazole rings is 1. The fraction of sp³-hybridized carbons (Fsp3) is 0.492. The first-order valence-corrected chi connectivity index (χ1v) is 29.5. The van der Waals surface area contributed by atoms with Gasteiger partial charge in [0, 0.05) is 87.1 Å². The van der Waals surface area contributed by atoms with Crippen molar-refractivity contribution in [3.8, 4) is 33.5 Å². The minimum atomic E-state index is -0.804. The summed E-state index contributed by atoms with van der Waals surface area (Å²) in [7, 11) is 0. The van der Waals surface area contributed by atoms with Crippen LogP contribution >= 0.6 is 11.3 Å². The van der Waals surface area contributed by atoms with Crippen LogP contribution in [0.25, 0.3) is 43.4 Å². The van der Waals surface area contributed by atoms with Gasteiger partial charge in [0.2, 0.25) is 11.8 Å². The minimum Gasteiger partial charge on any atom is -0.508 e. The Labute approximate surface area is 464 Å². The van der Waals surface area contributed by atoms with Gasteiger partial charge in [-0.15, -0.1) is 11.3 Å². The number of amides is 2. The zero-order chi connectivity index (χ0) is 54.2. The topological polar surface area (TPSA) is 198 Å². The van der Waals surface area contributed by atoms with E-state index >= 15 is 0 Å². The Morgan fingerprint density at radius 2 is 1.71 bits per heavy atom. The molecule has 17 nitrogen and oxygen atoms in total. The normalized spacial score (nSPS) is 23.1. The fourth-order valence-corrected chi connectivity index (χ4v) is 14.7. The largest absolute Gasteiger partial charge is 0.508 e. The number of aliphatic hydroxyl groups excluding tert-OH is 1. The Balaban J connectivity index is 0.609. The number of benzene rings is 3. The number of β-amino-alcohol motifs (C(OH)–C–C–N with tert-alkyl or cyclic N) is 1. The summed E-state index contributed by atoms with van der Waals surface area (Å²) >= 11 is 1.60. The maximum Gasteiger partial charge on any atom is 0.319 e. The van der Waals surface area contributed by atoms with Gasteiger partial charge >= 0.3 is 6.01 Å². The number of nitrogens with one attached hydrogen (secondary N) is 2. The van der Waals surface area contributed by atoms with Gasteiger partial charge in [0.15, 0.2) is 11.6 Å². The summed E-state index contributed by atoms with van der Waals surface area (Å²) in [6, 6.07) is 20.2. The van der Waals surface area contributed by atoms with Crippen LogP contribution in [-0.2, 0) is 9.59 Å². The highest BCUT2D eigenvalue weighted by Crippen LogP contribution is 2.49. The molecule has 5 fully saturated rings. The molecule has 5 aliphatic heterocycles. The molecule has 412 valence electrons. The first-order valence-electron chi connectivity index (χ1n) is 28.6. The van der Waals surface area contributed by atoms with Gasteiger partial charge in [-0.25, -0.2) is 4.98 Å². The molecule has 4 N–H and O–H groups in total. The third kappa shape index (κ3) is 9.86. The smallest absolute Gasteiger partial charge is 0.319 e. The number of carbonyl (C=O) groups excluding carboxylic acids is 2. The molecule has 0 saturated carbocycles. The molecule has 5 saturated heterocycles. The van der Waals surface area contributed by atoms with Gasteiger partial charge in [-0.3, -0.25) is 19.5 Å². The second-order valence-electron chi connectivity index (χ2n) is 23.8. The van der Waals surface area contributed by atoms with Crippen molar-refractivity contribution in [2.45, 2.75) is 115 Å². The number of piperidine rings is 1. The molecule has 3 aromatic carbocycles. The van der Waals surface area contributed by atoms with Crippen molar-refractivity contribution >= 4 is 56.5 Å². The summed E-state index contributed by atoms with van der Waals surface area (Å²) < 4.78 is 12.5. The lowest BCUT2D eigenvalue weighted by atomic mass is 9.79. The van der Waals surface area contributed by atoms with E-state index in [1.165, 1.54) is 10.5 Å². The molecule has 4 aromatic heterocycles. The number of rotatable bonds is 15. The lowest BCUT2D eigenvalue weighted by Gasteiger charge is -2.42. The zero-order valence-electron chi connectivity index (χ0n) is 45.8. The predicted octanol–water partition coefficient (Wildman–Crippen LogP) is 8.57. The van der Waals surface area contributed by atoms with E-state index < -0.39 is 18.1 Å². The van der Waals surface area contributed by atoms with Crippen molar-refractivity contribution in [1.82, 2.24) is 45.5 Å². The molecule has 18 heteroatoms. The molecule has 7 atom stereocenters. The quantitative estimate of drug-likeness (QED) is 0.0761. The molecule has 9 heterocycles. The van der Waals surface area contributed by atoms with Crippen LogP contribution in [0.5, 0.6) is 11.8 Å². The molecule has 13 rings (SSSR count). The van der Waals surface area contributed by atoms with Crippen molar-refractivity contribution in [3.63, 3.8) is 0 Å². The summed E-state index contributed by atoms with van der Waals surface area (Å²) in [4.78, 5) is 57.9. The number of carbonyl (C=O) groups is 2. The highest BCUT2D eigenvalue weighted by atomic mass is 32.1. The van der Waals surface area contributed by atoms with Crippen molar-refractivity contribution in [1.29, 1.82) is 0 Å². The number of likely N-dealkylation sites (tertiary alicyclic amines) is 2. The van der Waals surface area contributed by atoms with E-state index in [2.05, 4.69) is 60.6 Å². The molecule has 1 aliphatic carbocycles. The van der Waals surface area contributed by atoms with Crippen molar-refractivity contribution in [3.05, 3.63) is 101 Å². The van der Waals surface area contributed by atoms with Gasteiger partial charge in [-0.2, -0.15) is 9.97 Å². The number of hydrogen-bond acceptors (Lipinski definition) is 16. The number of aliphatic hydroxyl groups is 1. The highest BCUT2D eigenvalue weighted by Gasteiger charge is 2.44. The second kappa shape index (κ2) is 21.1. The van der Waals surface area contributed by atoms with Crippen LogP contribution in [0.3, 0.4) is 0 Å². The first kappa shape index (κ1) is 51.7. The highest BCUT2D eigenvalue weighted by molar-refractivity contribution is 7.13. The number of phenolic OH excluding ortho intramolecular Hbond substituents is 1. The van der Waals surface area contributed by atoms with Crippen molar-refractivity contribution in [2.24, 2.45) is 17.8 Å². The zero-order valence-corrected chi connectivity index (χ0v) is 46.6. The minimum absolute atomic E-state index is 0.0284. The van der Waals surface area contributed by atoms with Crippen LogP contribution in [0.1, 0.15) is 112 Å². The second-order valence-corrected chi connectivity index (χ2v) is 24.6. The van der Waals surface area contributed by atoms with E-state index in [-0.39, 0.29) is 48.4 Å². The number of piperazine rings is 1. The molecule has 2 amide bonds. The average Bonchev–Trinajstić information content (AvgIpc) is 4.33. The molecule has 6 aliphatic rings. The molecule has 3 unspecified atom stereocenters. The molecule has 2 bridgehead atoms. The van der Waals surface area contributed by atoms with Crippen LogP contribution < -0.4 is 25.2 Å². The van der Waals surface area contributed by atoms with Gasteiger partial charge in [0.1, 0.15) is 30.1 Å². The number of fused-ring (bicyclic) bond motifs is 6. The van der Waals surface area contributed by atoms with Crippen LogP contribution in [0.4, 0.5) is 11.6 Å². The van der Waals surface area contributed by atoms with Crippen LogP contribution in [-0.4, -0.2) is 140 Å². The van der Waals surface area contributed by atoms with Crippen molar-refractivity contribution in [2.75, 3.05) is 68.8 Å². The van der Waals surface area contributed by atoms with Gasteiger partial charge in [-0.05, 0) is 116 Å². The lowest BCUT2D eigenvalue weighted by molar-refractivity contribution is -0.141. The summed E-state index contributed by atoms with van der Waals surface area (Å²) in [6.07, 6.45) is 7.06. The van der Waals surface area contributed by atoms with E-state index in [1.54, 1.807) is 11.3 Å². The van der Waals surface area contributed by atoms with Gasteiger partial charge in [-0.1, -0.05) is 68.4 Å². The Morgan fingerprint density at radius 3 is 2.46 bits per heavy atom. The summed E-state index contributed by atoms with van der Waals surface area (Å²) in [5.74, 6) is 2.24. The maximum absolute atomic E-state index is 14.4. The van der Waals surface area contributed by atoms with E-state index in [0.29, 0.717) is 42.3 Å². The van der Waals surface area contributed by atoms with Crippen LogP contribution in [0.15, 0.2) is 76.9 Å². The van der Waals surface area contributed by atoms with Gasteiger partial charge < -0.3 is 44.8 Å². The SMILES string of the molecule is Cc1ncsc1-c1ccc([C@H](C)NC(=O)[C@@H]2C[C@@H](O)CN2C(=O)[C@@H](c2cc(N3CC(CC4CCN(CCOc5nc(N6CC7CCC(C6)N7)c6cnc7c(c6n5)C(C)c5cccc6cc(O)cc-7c56)CC4)C3)no2)C(C)C)cc1. The van der Waals surface area contributed by atoms with E-state index in [1.807, 2.05) is 81.9 Å². The van der Waals surface area contributed by atoms with E-state index in [0.717, 1.165) is 150 Å². The Morgan fingerprint density at radius 1 is 0.924 bits per heavy atom. The molecule has 0 radical (unpaired) electrons. The van der Waals surface area contributed by atoms with Gasteiger partial charge in [0.05, 0.1) is 44.8 Å². The summed E-state index contributed by atoms with van der Waals surface area (Å²) in [5, 5.41) is 36.1. The fourth-order valence-electron chi connectivity index (χ4n) is 13.9. The number of pyridine rings is 1. The summed E-state index contributed by atoms with van der Waals surface area (Å²) in [5.41, 5.74) is 9.77. The van der Waals surface area contributed by atoms with E-state index in [4.69, 9.17) is 24.2 Å². The summed E-state index contributed by atoms with van der Waals surface area (Å²) in [6.45, 7) is 17.1. The molecular weight excluding hydrogens is 1010 g/mol. The Hall–Kier alpha value is -6.73. The molecule has 0 spiro atoms. The Kier molecular flexibility index (Phi) is 13.8. The Bertz CT molecular complexity index is 3410. The first-order chi connectivity index (χ1) is 38.3. The number of aromatic hydroxyl groups is 1. The van der Waals surface area contributed by atoms with Crippen LogP contribution in [0.2, 0.25) is 0 Å². The number of ether oxygens (including phenoxy) is 1. The monoisotopic (exact) mass is 1090 g/mol. The van der Waals surface area contributed by atoms with Gasteiger partial charge in [0.25, 0.3) is 0 Å². The predicted molar refractivity (Wildman–Crippen MR) is 306 cm³/mol. The molecular formula is C61H71N11O6S. The number of nitrogens with zero attached hydrogens (tertiary/aromatic N) is 9. The number of phenols is 1. The number of hydrogen-bond donors (Lipinski definition) is 4. The lowest BCUT2D eigenvalue weighted by Crippen LogP contribution is -2.51. The standard InChI is InChI=1S/C61H71N11O6S/c1-33(2)52(60(76)72-31-45(74)24-49(72)59(75)64-35(4)39-9-11-40(12-10-39)57-36(5)63-32-79-57)50-25-51(68-78-50)70-27-38(28-70)21-37-15-17-69(18-16-37)19-20-77-61-66-56-48(58(67-61)71-29-42-13-14-43(30-71)65-42)26-62-55-47-23-44(73)22-41-7-6-8-46(54(41)47)34(3)53(55)56/h6-12,22-23,25-26,32-35,37-38,42-43,45,49,52,65,73-74H,13-21,24,27-31H2,1-5H3,(H,64,75)/t34?,35-,42?,43?,45+,49-,52+/m0/s1. The number of anilines is 2. The third-order valence-electron chi connectivity index (χ3n) is 18.1. The van der Waals surface area contributed by atoms with Crippen LogP contribution in [0, 0.1) is 24.7 Å². The molecule has 7 aromatic rings. The van der Waals surface area contributed by atoms with Crippen molar-refractivity contribution < 1.29 is 29.1 Å². The third-order valence-corrected chi connectivity index (χ3v) is 19.1.